The van der Waals surface area contributed by atoms with Crippen molar-refractivity contribution in [2.24, 2.45) is 13.0 Å². The number of hydrogen-bond donors (Lipinski definition) is 2. The van der Waals surface area contributed by atoms with E-state index in [1.807, 2.05) is 5.32 Å². The molecular formula is C11H14F3N5O4. The number of rotatable bonds is 3. The number of aromatic nitrogens is 2. The van der Waals surface area contributed by atoms with Crippen molar-refractivity contribution in [1.29, 1.82) is 0 Å². The quantitative estimate of drug-likeness (QED) is 0.636. The third kappa shape index (κ3) is 3.63. The second kappa shape index (κ2) is 5.93. The summed E-state index contributed by atoms with van der Waals surface area (Å²) in [7, 11) is 1.37. The number of anilines is 1. The summed E-state index contributed by atoms with van der Waals surface area (Å²) < 4.78 is 40.3. The van der Waals surface area contributed by atoms with Gasteiger partial charge in [0, 0.05) is 20.1 Å². The Morgan fingerprint density at radius 3 is 2.70 bits per heavy atom. The maximum absolute atomic E-state index is 13.1. The Morgan fingerprint density at radius 1 is 1.52 bits per heavy atom. The molecule has 0 aliphatic carbocycles. The lowest BCUT2D eigenvalue weighted by atomic mass is 9.93. The first-order valence-electron chi connectivity index (χ1n) is 6.57. The van der Waals surface area contributed by atoms with Gasteiger partial charge in [0.2, 0.25) is 5.82 Å². The number of aryl methyl sites for hydroxylation is 1. The van der Waals surface area contributed by atoms with E-state index in [-0.39, 0.29) is 12.4 Å². The van der Waals surface area contributed by atoms with Crippen LogP contribution >= 0.6 is 0 Å². The van der Waals surface area contributed by atoms with E-state index >= 15 is 0 Å². The van der Waals surface area contributed by atoms with Gasteiger partial charge < -0.3 is 15.3 Å². The Morgan fingerprint density at radius 2 is 2.17 bits per heavy atom. The van der Waals surface area contributed by atoms with E-state index in [1.54, 1.807) is 0 Å². The van der Waals surface area contributed by atoms with Gasteiger partial charge in [-0.1, -0.05) is 0 Å². The molecule has 0 bridgehead atoms. The van der Waals surface area contributed by atoms with Gasteiger partial charge in [0.1, 0.15) is 6.20 Å². The number of hydrogen-bond acceptors (Lipinski definition) is 5. The van der Waals surface area contributed by atoms with Gasteiger partial charge >= 0.3 is 18.0 Å². The van der Waals surface area contributed by atoms with Gasteiger partial charge in [-0.05, 0) is 6.42 Å². The van der Waals surface area contributed by atoms with E-state index in [9.17, 15) is 28.1 Å². The fourth-order valence-electron chi connectivity index (χ4n) is 2.70. The molecule has 12 heteroatoms. The van der Waals surface area contributed by atoms with Gasteiger partial charge in [-0.15, -0.1) is 0 Å². The van der Waals surface area contributed by atoms with Gasteiger partial charge in [-0.25, -0.2) is 9.48 Å². The number of halogens is 3. The van der Waals surface area contributed by atoms with Crippen molar-refractivity contribution in [2.45, 2.75) is 18.6 Å². The lowest BCUT2D eigenvalue weighted by molar-refractivity contribution is -0.384. The van der Waals surface area contributed by atoms with Crippen molar-refractivity contribution in [1.82, 2.24) is 15.1 Å². The molecule has 1 aliphatic heterocycles. The topological polar surface area (TPSA) is 114 Å². The van der Waals surface area contributed by atoms with Crippen LogP contribution in [0.4, 0.5) is 29.5 Å². The zero-order valence-corrected chi connectivity index (χ0v) is 11.9. The summed E-state index contributed by atoms with van der Waals surface area (Å²) in [4.78, 5) is 22.1. The molecule has 0 spiro atoms. The van der Waals surface area contributed by atoms with E-state index in [0.29, 0.717) is 0 Å². The molecule has 2 N–H and O–H groups in total. The summed E-state index contributed by atoms with van der Waals surface area (Å²) in [6.45, 7) is -0.610. The van der Waals surface area contributed by atoms with Crippen molar-refractivity contribution >= 4 is 17.6 Å². The third-order valence-corrected chi connectivity index (χ3v) is 3.63. The Balaban J connectivity index is 2.35. The Labute approximate surface area is 127 Å². The highest BCUT2D eigenvalue weighted by molar-refractivity contribution is 5.65. The average molecular weight is 337 g/mol. The van der Waals surface area contributed by atoms with Crippen LogP contribution in [0.15, 0.2) is 6.20 Å². The van der Waals surface area contributed by atoms with E-state index in [4.69, 9.17) is 5.11 Å². The smallest absolute Gasteiger partial charge is 0.404 e. The van der Waals surface area contributed by atoms with Crippen LogP contribution in [-0.4, -0.2) is 51.2 Å². The third-order valence-electron chi connectivity index (χ3n) is 3.63. The van der Waals surface area contributed by atoms with Gasteiger partial charge in [0.25, 0.3) is 0 Å². The number of carbonyl (C=O) groups is 1. The Kier molecular flexibility index (Phi) is 4.34. The lowest BCUT2D eigenvalue weighted by Crippen LogP contribution is -2.54. The molecule has 1 amide bonds. The first-order chi connectivity index (χ1) is 10.6. The zero-order valence-electron chi connectivity index (χ0n) is 11.9. The van der Waals surface area contributed by atoms with E-state index in [1.165, 1.54) is 7.05 Å². The second-order valence-electron chi connectivity index (χ2n) is 5.26. The van der Waals surface area contributed by atoms with Crippen molar-refractivity contribution in [3.8, 4) is 0 Å². The number of nitrogens with zero attached hydrogens (tertiary/aromatic N) is 4. The molecule has 2 atom stereocenters. The summed E-state index contributed by atoms with van der Waals surface area (Å²) in [5, 5.41) is 25.5. The van der Waals surface area contributed by atoms with Crippen LogP contribution in [0.1, 0.15) is 6.42 Å². The van der Waals surface area contributed by atoms with Crippen LogP contribution in [0, 0.1) is 16.0 Å². The maximum atomic E-state index is 13.1. The fourth-order valence-corrected chi connectivity index (χ4v) is 2.70. The first kappa shape index (κ1) is 16.8. The first-order valence-corrected chi connectivity index (χ1v) is 6.57. The van der Waals surface area contributed by atoms with E-state index in [0.717, 1.165) is 15.8 Å². The minimum atomic E-state index is -4.54. The predicted octanol–water partition coefficient (Wildman–Crippen LogP) is 1.35. The molecule has 1 aliphatic rings. The lowest BCUT2D eigenvalue weighted by Gasteiger charge is -2.38. The van der Waals surface area contributed by atoms with Crippen molar-refractivity contribution in [3.63, 3.8) is 0 Å². The number of carboxylic acid groups (broad SMARTS) is 1. The summed E-state index contributed by atoms with van der Waals surface area (Å²) in [6, 6.07) is -0.998. The molecular weight excluding hydrogens is 323 g/mol. The minimum absolute atomic E-state index is 0.0823. The van der Waals surface area contributed by atoms with Crippen molar-refractivity contribution in [2.75, 3.05) is 18.0 Å². The normalized spacial score (nSPS) is 22.0. The van der Waals surface area contributed by atoms with Crippen molar-refractivity contribution < 1.29 is 28.0 Å². The number of alkyl halides is 3. The van der Waals surface area contributed by atoms with Crippen LogP contribution in [0.5, 0.6) is 0 Å². The highest BCUT2D eigenvalue weighted by Crippen LogP contribution is 2.37. The Hall–Kier alpha value is -2.53. The minimum Gasteiger partial charge on any atom is -0.465 e. The number of nitro groups is 1. The summed E-state index contributed by atoms with van der Waals surface area (Å²) >= 11 is 0. The van der Waals surface area contributed by atoms with Gasteiger partial charge in [0.05, 0.1) is 16.9 Å². The summed E-state index contributed by atoms with van der Waals surface area (Å²) in [5.74, 6) is -1.89. The van der Waals surface area contributed by atoms with Crippen LogP contribution in [0.3, 0.4) is 0 Å². The largest absolute Gasteiger partial charge is 0.465 e. The van der Waals surface area contributed by atoms with Gasteiger partial charge in [0.15, 0.2) is 0 Å². The average Bonchev–Trinajstić information content (AvgIpc) is 2.78. The molecule has 128 valence electrons. The van der Waals surface area contributed by atoms with Crippen molar-refractivity contribution in [3.05, 3.63) is 16.3 Å². The van der Waals surface area contributed by atoms with Crippen LogP contribution in [0.2, 0.25) is 0 Å². The molecule has 1 aromatic rings. The maximum Gasteiger partial charge on any atom is 0.404 e. The molecule has 0 unspecified atom stereocenters. The molecule has 1 fully saturated rings. The molecule has 9 nitrogen and oxygen atoms in total. The zero-order chi connectivity index (χ0) is 17.4. The molecule has 2 rings (SSSR count). The van der Waals surface area contributed by atoms with E-state index < -0.39 is 47.8 Å². The van der Waals surface area contributed by atoms with Crippen LogP contribution < -0.4 is 10.2 Å². The van der Waals surface area contributed by atoms with Crippen LogP contribution in [0.25, 0.3) is 0 Å². The molecule has 1 aromatic heterocycles. The number of nitrogens with one attached hydrogen (secondary N) is 1. The molecule has 2 heterocycles. The summed E-state index contributed by atoms with van der Waals surface area (Å²) in [5.41, 5.74) is -0.426. The number of amides is 1. The highest BCUT2D eigenvalue weighted by atomic mass is 19.4. The monoisotopic (exact) mass is 337 g/mol. The molecule has 0 radical (unpaired) electrons. The Bertz CT molecular complexity index is 617. The predicted molar refractivity (Wildman–Crippen MR) is 71.2 cm³/mol. The second-order valence-corrected chi connectivity index (χ2v) is 5.26. The molecule has 0 aromatic carbocycles. The number of piperidine rings is 1. The standard InChI is InChI=1S/C11H14F3N5O4/c1-17-9(8(3-15-17)19(22)23)18-4-6(11(12,13)14)2-7(5-18)16-10(20)21/h3,6-7,16H,2,4-5H2,1H3,(H,20,21)/t6-,7-/m1/s1. The van der Waals surface area contributed by atoms with Crippen LogP contribution in [-0.2, 0) is 7.05 Å². The molecule has 23 heavy (non-hydrogen) atoms. The molecule has 1 saturated heterocycles. The highest BCUT2D eigenvalue weighted by Gasteiger charge is 2.46. The van der Waals surface area contributed by atoms with E-state index in [2.05, 4.69) is 5.10 Å². The molecule has 0 saturated carbocycles. The SMILES string of the molecule is Cn1ncc([N+](=O)[O-])c1N1C[C@H](NC(=O)O)C[C@@H](C(F)(F)F)C1. The fraction of sp³-hybridized carbons (Fsp3) is 0.636. The summed E-state index contributed by atoms with van der Waals surface area (Å²) in [6.07, 6.45) is -5.45. The van der Waals surface area contributed by atoms with Gasteiger partial charge in [-0.3, -0.25) is 10.1 Å². The van der Waals surface area contributed by atoms with Gasteiger partial charge in [-0.2, -0.15) is 18.3 Å².